The number of anilines is 1. The van der Waals surface area contributed by atoms with Gasteiger partial charge >= 0.3 is 0 Å². The first-order chi connectivity index (χ1) is 7.24. The third-order valence-corrected chi connectivity index (χ3v) is 2.52. The van der Waals surface area contributed by atoms with Crippen molar-refractivity contribution in [2.75, 3.05) is 19.0 Å². The Morgan fingerprint density at radius 2 is 1.73 bits per heavy atom. The third-order valence-electron chi connectivity index (χ3n) is 2.52. The number of rotatable bonds is 2. The van der Waals surface area contributed by atoms with E-state index in [0.717, 1.165) is 28.3 Å². The molecule has 0 heterocycles. The molecule has 0 saturated heterocycles. The fourth-order valence-corrected chi connectivity index (χ4v) is 1.82. The molecule has 0 aliphatic carbocycles. The van der Waals surface area contributed by atoms with Crippen LogP contribution in [0.2, 0.25) is 0 Å². The molecule has 76 valence electrons. The molecule has 0 aliphatic heterocycles. The van der Waals surface area contributed by atoms with Crippen LogP contribution in [0.1, 0.15) is 10.4 Å². The molecule has 2 aromatic carbocycles. The second kappa shape index (κ2) is 3.73. The van der Waals surface area contributed by atoms with Gasteiger partial charge in [-0.1, -0.05) is 30.3 Å². The van der Waals surface area contributed by atoms with Crippen molar-refractivity contribution in [3.63, 3.8) is 0 Å². The van der Waals surface area contributed by atoms with Crippen LogP contribution in [-0.2, 0) is 0 Å². The van der Waals surface area contributed by atoms with Gasteiger partial charge in [0.2, 0.25) is 0 Å². The van der Waals surface area contributed by atoms with Crippen LogP contribution in [0.4, 0.5) is 5.69 Å². The summed E-state index contributed by atoms with van der Waals surface area (Å²) in [6, 6.07) is 11.8. The van der Waals surface area contributed by atoms with Crippen molar-refractivity contribution in [3.05, 3.63) is 42.0 Å². The fourth-order valence-electron chi connectivity index (χ4n) is 1.82. The van der Waals surface area contributed by atoms with Gasteiger partial charge in [-0.3, -0.25) is 4.79 Å². The maximum Gasteiger partial charge on any atom is 0.150 e. The molecule has 0 aromatic heterocycles. The summed E-state index contributed by atoms with van der Waals surface area (Å²) in [6.07, 6.45) is 0.912. The average molecular weight is 199 g/mol. The van der Waals surface area contributed by atoms with Crippen LogP contribution in [0.5, 0.6) is 0 Å². The maximum atomic E-state index is 11.0. The Balaban J connectivity index is 2.87. The number of fused-ring (bicyclic) bond motifs is 1. The lowest BCUT2D eigenvalue weighted by Crippen LogP contribution is -2.09. The maximum absolute atomic E-state index is 11.0. The first kappa shape index (κ1) is 9.71. The zero-order valence-corrected chi connectivity index (χ0v) is 8.90. The topological polar surface area (TPSA) is 20.3 Å². The van der Waals surface area contributed by atoms with E-state index in [4.69, 9.17) is 0 Å². The van der Waals surface area contributed by atoms with Gasteiger partial charge in [-0.15, -0.1) is 0 Å². The number of nitrogens with zero attached hydrogens (tertiary/aromatic N) is 1. The molecule has 2 heteroatoms. The summed E-state index contributed by atoms with van der Waals surface area (Å²) in [6.45, 7) is 0. The highest BCUT2D eigenvalue weighted by Gasteiger charge is 2.06. The van der Waals surface area contributed by atoms with Crippen LogP contribution in [-0.4, -0.2) is 20.4 Å². The molecule has 0 aliphatic rings. The Labute approximate surface area is 89.1 Å². The van der Waals surface area contributed by atoms with E-state index >= 15 is 0 Å². The van der Waals surface area contributed by atoms with Crippen molar-refractivity contribution in [3.8, 4) is 0 Å². The monoisotopic (exact) mass is 199 g/mol. The standard InChI is InChI=1S/C13H13NO/c1-14(2)12-8-4-6-10-5-3-7-11(9-15)13(10)12/h3-9H,1-2H3. The van der Waals surface area contributed by atoms with E-state index in [1.54, 1.807) is 0 Å². The Hall–Kier alpha value is -1.83. The second-order valence-electron chi connectivity index (χ2n) is 3.73. The van der Waals surface area contributed by atoms with Gasteiger partial charge in [-0.25, -0.2) is 0 Å². The van der Waals surface area contributed by atoms with E-state index in [2.05, 4.69) is 0 Å². The minimum atomic E-state index is 0.747. The van der Waals surface area contributed by atoms with Gasteiger partial charge in [0.05, 0.1) is 0 Å². The summed E-state index contributed by atoms with van der Waals surface area (Å²) in [5.74, 6) is 0. The molecule has 0 bridgehead atoms. The van der Waals surface area contributed by atoms with Crippen LogP contribution in [0.15, 0.2) is 36.4 Å². The van der Waals surface area contributed by atoms with Gasteiger partial charge < -0.3 is 4.90 Å². The Morgan fingerprint density at radius 1 is 1.07 bits per heavy atom. The molecule has 0 radical (unpaired) electrons. The van der Waals surface area contributed by atoms with Crippen molar-refractivity contribution in [2.45, 2.75) is 0 Å². The number of hydrogen-bond acceptors (Lipinski definition) is 2. The average Bonchev–Trinajstić information content (AvgIpc) is 2.27. The second-order valence-corrected chi connectivity index (χ2v) is 3.73. The lowest BCUT2D eigenvalue weighted by molar-refractivity contribution is 0.112. The highest BCUT2D eigenvalue weighted by Crippen LogP contribution is 2.27. The molecule has 0 unspecified atom stereocenters. The van der Waals surface area contributed by atoms with Crippen LogP contribution < -0.4 is 4.90 Å². The van der Waals surface area contributed by atoms with Crippen molar-refractivity contribution in [1.82, 2.24) is 0 Å². The number of carbonyl (C=O) groups is 1. The number of benzene rings is 2. The normalized spacial score (nSPS) is 10.3. The zero-order chi connectivity index (χ0) is 10.8. The van der Waals surface area contributed by atoms with Crippen molar-refractivity contribution >= 4 is 22.7 Å². The molecule has 15 heavy (non-hydrogen) atoms. The van der Waals surface area contributed by atoms with E-state index in [0.29, 0.717) is 0 Å². The highest BCUT2D eigenvalue weighted by molar-refractivity contribution is 6.05. The summed E-state index contributed by atoms with van der Waals surface area (Å²) in [4.78, 5) is 13.0. The quantitative estimate of drug-likeness (QED) is 0.693. The zero-order valence-electron chi connectivity index (χ0n) is 8.90. The predicted octanol–water partition coefficient (Wildman–Crippen LogP) is 2.72. The molecule has 0 spiro atoms. The SMILES string of the molecule is CN(C)c1cccc2cccc(C=O)c12. The Bertz CT molecular complexity index is 498. The molecule has 0 atom stereocenters. The first-order valence-electron chi connectivity index (χ1n) is 4.88. The van der Waals surface area contributed by atoms with Gasteiger partial charge in [-0.2, -0.15) is 0 Å². The minimum Gasteiger partial charge on any atom is -0.377 e. The van der Waals surface area contributed by atoms with Crippen molar-refractivity contribution < 1.29 is 4.79 Å². The molecule has 2 aromatic rings. The van der Waals surface area contributed by atoms with E-state index in [9.17, 15) is 4.79 Å². The van der Waals surface area contributed by atoms with E-state index in [-0.39, 0.29) is 0 Å². The molecule has 2 nitrogen and oxygen atoms in total. The first-order valence-corrected chi connectivity index (χ1v) is 4.88. The van der Waals surface area contributed by atoms with Gasteiger partial charge in [0, 0.05) is 30.7 Å². The van der Waals surface area contributed by atoms with Gasteiger partial charge in [0.15, 0.2) is 6.29 Å². The number of aldehydes is 1. The van der Waals surface area contributed by atoms with Gasteiger partial charge in [0.25, 0.3) is 0 Å². The summed E-state index contributed by atoms with van der Waals surface area (Å²) < 4.78 is 0. The van der Waals surface area contributed by atoms with Crippen molar-refractivity contribution in [2.24, 2.45) is 0 Å². The molecule has 2 rings (SSSR count). The Morgan fingerprint density at radius 3 is 2.33 bits per heavy atom. The van der Waals surface area contributed by atoms with Crippen LogP contribution >= 0.6 is 0 Å². The third kappa shape index (κ3) is 1.59. The largest absolute Gasteiger partial charge is 0.377 e. The molecular weight excluding hydrogens is 186 g/mol. The summed E-state index contributed by atoms with van der Waals surface area (Å²) in [5.41, 5.74) is 1.83. The highest BCUT2D eigenvalue weighted by atomic mass is 16.1. The fraction of sp³-hybridized carbons (Fsp3) is 0.154. The van der Waals surface area contributed by atoms with Gasteiger partial charge in [-0.05, 0) is 11.5 Å². The van der Waals surface area contributed by atoms with Crippen LogP contribution in [0.3, 0.4) is 0 Å². The van der Waals surface area contributed by atoms with E-state index in [1.807, 2.05) is 55.4 Å². The summed E-state index contributed by atoms with van der Waals surface area (Å²) in [7, 11) is 3.96. The number of carbonyl (C=O) groups excluding carboxylic acids is 1. The lowest BCUT2D eigenvalue weighted by Gasteiger charge is -2.16. The molecule has 0 N–H and O–H groups in total. The minimum absolute atomic E-state index is 0.747. The summed E-state index contributed by atoms with van der Waals surface area (Å²) in [5, 5.41) is 2.13. The van der Waals surface area contributed by atoms with Crippen molar-refractivity contribution in [1.29, 1.82) is 0 Å². The van der Waals surface area contributed by atoms with Gasteiger partial charge in [0.1, 0.15) is 0 Å². The predicted molar refractivity (Wildman–Crippen MR) is 63.7 cm³/mol. The number of hydrogen-bond donors (Lipinski definition) is 0. The van der Waals surface area contributed by atoms with Crippen LogP contribution in [0.25, 0.3) is 10.8 Å². The van der Waals surface area contributed by atoms with Crippen LogP contribution in [0, 0.1) is 0 Å². The lowest BCUT2D eigenvalue weighted by atomic mass is 10.0. The summed E-state index contributed by atoms with van der Waals surface area (Å²) >= 11 is 0. The molecule has 0 saturated carbocycles. The molecule has 0 amide bonds. The van der Waals surface area contributed by atoms with E-state index < -0.39 is 0 Å². The molecular formula is C13H13NO. The van der Waals surface area contributed by atoms with E-state index in [1.165, 1.54) is 0 Å². The Kier molecular flexibility index (Phi) is 2.42. The molecule has 0 fully saturated rings. The smallest absolute Gasteiger partial charge is 0.150 e.